The zero-order valence-electron chi connectivity index (χ0n) is 12.8. The Hall–Kier alpha value is -2.10. The van der Waals surface area contributed by atoms with Crippen LogP contribution in [0.2, 0.25) is 0 Å². The number of nitrogens with one attached hydrogen (secondary N) is 2. The van der Waals surface area contributed by atoms with Crippen LogP contribution in [-0.4, -0.2) is 15.9 Å². The van der Waals surface area contributed by atoms with E-state index >= 15 is 0 Å². The Kier molecular flexibility index (Phi) is 4.88. The molecule has 22 heavy (non-hydrogen) atoms. The fourth-order valence-electron chi connectivity index (χ4n) is 3.21. The fraction of sp³-hybridized carbons (Fsp3) is 0.444. The maximum atomic E-state index is 12.1. The Balaban J connectivity index is 1.54. The van der Waals surface area contributed by atoms with E-state index in [1.54, 1.807) is 12.5 Å². The van der Waals surface area contributed by atoms with Crippen molar-refractivity contribution in [3.63, 3.8) is 0 Å². The van der Waals surface area contributed by atoms with Crippen LogP contribution in [0.15, 0.2) is 36.8 Å². The number of carbonyl (C=O) groups is 1. The molecule has 4 heteroatoms. The SMILES string of the molecule is O=C(CCC1CCCCC1)Nc1cccc(-c2cnc[nH]2)c1. The Morgan fingerprint density at radius 1 is 1.27 bits per heavy atom. The third-order valence-corrected chi connectivity index (χ3v) is 4.46. The van der Waals surface area contributed by atoms with Crippen molar-refractivity contribution in [2.24, 2.45) is 5.92 Å². The first-order valence-corrected chi connectivity index (χ1v) is 8.20. The second-order valence-corrected chi connectivity index (χ2v) is 6.14. The van der Waals surface area contributed by atoms with E-state index in [2.05, 4.69) is 15.3 Å². The number of hydrogen-bond donors (Lipinski definition) is 2. The normalized spacial score (nSPS) is 15.6. The summed E-state index contributed by atoms with van der Waals surface area (Å²) in [5.41, 5.74) is 2.83. The Labute approximate surface area is 131 Å². The predicted molar refractivity (Wildman–Crippen MR) is 88.5 cm³/mol. The van der Waals surface area contributed by atoms with Gasteiger partial charge in [0, 0.05) is 17.7 Å². The van der Waals surface area contributed by atoms with E-state index < -0.39 is 0 Å². The first-order valence-electron chi connectivity index (χ1n) is 8.20. The van der Waals surface area contributed by atoms with Crippen molar-refractivity contribution in [3.8, 4) is 11.3 Å². The zero-order chi connectivity index (χ0) is 15.2. The van der Waals surface area contributed by atoms with Crippen LogP contribution in [0, 0.1) is 5.92 Å². The van der Waals surface area contributed by atoms with Crippen LogP contribution in [0.1, 0.15) is 44.9 Å². The molecule has 0 spiro atoms. The van der Waals surface area contributed by atoms with Crippen LogP contribution in [-0.2, 0) is 4.79 Å². The van der Waals surface area contributed by atoms with E-state index in [0.29, 0.717) is 6.42 Å². The van der Waals surface area contributed by atoms with Gasteiger partial charge in [-0.3, -0.25) is 4.79 Å². The topological polar surface area (TPSA) is 57.8 Å². The number of amides is 1. The molecule has 3 rings (SSSR count). The highest BCUT2D eigenvalue weighted by molar-refractivity contribution is 5.91. The smallest absolute Gasteiger partial charge is 0.224 e. The minimum Gasteiger partial charge on any atom is -0.345 e. The summed E-state index contributed by atoms with van der Waals surface area (Å²) in [5.74, 6) is 0.864. The number of aromatic nitrogens is 2. The molecule has 0 saturated heterocycles. The molecular formula is C18H23N3O. The minimum atomic E-state index is 0.118. The number of aromatic amines is 1. The highest BCUT2D eigenvalue weighted by Crippen LogP contribution is 2.27. The molecule has 1 aromatic heterocycles. The van der Waals surface area contributed by atoms with Crippen molar-refractivity contribution < 1.29 is 4.79 Å². The lowest BCUT2D eigenvalue weighted by atomic mass is 9.86. The number of nitrogens with zero attached hydrogens (tertiary/aromatic N) is 1. The van der Waals surface area contributed by atoms with Crippen molar-refractivity contribution in [1.82, 2.24) is 9.97 Å². The summed E-state index contributed by atoms with van der Waals surface area (Å²) >= 11 is 0. The molecule has 0 aliphatic heterocycles. The molecule has 1 amide bonds. The molecule has 1 heterocycles. The highest BCUT2D eigenvalue weighted by atomic mass is 16.1. The molecule has 1 aliphatic carbocycles. The van der Waals surface area contributed by atoms with Gasteiger partial charge in [0.1, 0.15) is 0 Å². The van der Waals surface area contributed by atoms with Gasteiger partial charge in [-0.15, -0.1) is 0 Å². The number of anilines is 1. The number of imidazole rings is 1. The van der Waals surface area contributed by atoms with Gasteiger partial charge in [-0.1, -0.05) is 44.2 Å². The van der Waals surface area contributed by atoms with Crippen molar-refractivity contribution in [2.75, 3.05) is 5.32 Å². The number of benzene rings is 1. The van der Waals surface area contributed by atoms with Crippen molar-refractivity contribution in [1.29, 1.82) is 0 Å². The zero-order valence-corrected chi connectivity index (χ0v) is 12.8. The van der Waals surface area contributed by atoms with Crippen LogP contribution < -0.4 is 5.32 Å². The van der Waals surface area contributed by atoms with Crippen LogP contribution >= 0.6 is 0 Å². The van der Waals surface area contributed by atoms with Crippen molar-refractivity contribution >= 4 is 11.6 Å². The largest absolute Gasteiger partial charge is 0.345 e. The molecule has 116 valence electrons. The van der Waals surface area contributed by atoms with Crippen molar-refractivity contribution in [2.45, 2.75) is 44.9 Å². The first kappa shape index (κ1) is 14.8. The number of hydrogen-bond acceptors (Lipinski definition) is 2. The second-order valence-electron chi connectivity index (χ2n) is 6.14. The van der Waals surface area contributed by atoms with Gasteiger partial charge in [0.05, 0.1) is 18.2 Å². The molecule has 0 bridgehead atoms. The van der Waals surface area contributed by atoms with Gasteiger partial charge in [-0.05, 0) is 24.5 Å². The van der Waals surface area contributed by atoms with Gasteiger partial charge in [0.2, 0.25) is 5.91 Å². The first-order chi connectivity index (χ1) is 10.8. The highest BCUT2D eigenvalue weighted by Gasteiger charge is 2.15. The maximum Gasteiger partial charge on any atom is 0.224 e. The molecule has 1 aliphatic rings. The predicted octanol–water partition coefficient (Wildman–Crippen LogP) is 4.38. The van der Waals surface area contributed by atoms with E-state index in [4.69, 9.17) is 0 Å². The van der Waals surface area contributed by atoms with E-state index in [1.165, 1.54) is 32.1 Å². The Morgan fingerprint density at radius 3 is 2.91 bits per heavy atom. The Morgan fingerprint density at radius 2 is 2.14 bits per heavy atom. The summed E-state index contributed by atoms with van der Waals surface area (Å²) in [7, 11) is 0. The molecule has 0 atom stereocenters. The Bertz CT molecular complexity index is 601. The van der Waals surface area contributed by atoms with Gasteiger partial charge < -0.3 is 10.3 Å². The molecule has 0 radical (unpaired) electrons. The standard InChI is InChI=1S/C18H23N3O/c22-18(10-9-14-5-2-1-3-6-14)21-16-8-4-7-15(11-16)17-12-19-13-20-17/h4,7-8,11-14H,1-3,5-6,9-10H2,(H,19,20)(H,21,22). The number of carbonyl (C=O) groups excluding carboxylic acids is 1. The molecule has 4 nitrogen and oxygen atoms in total. The number of rotatable bonds is 5. The van der Waals surface area contributed by atoms with Gasteiger partial charge in [-0.2, -0.15) is 0 Å². The van der Waals surface area contributed by atoms with Crippen LogP contribution in [0.25, 0.3) is 11.3 Å². The van der Waals surface area contributed by atoms with Gasteiger partial charge in [0.15, 0.2) is 0 Å². The second kappa shape index (κ2) is 7.25. The monoisotopic (exact) mass is 297 g/mol. The lowest BCUT2D eigenvalue weighted by Crippen LogP contribution is -2.14. The quantitative estimate of drug-likeness (QED) is 0.860. The molecule has 1 saturated carbocycles. The summed E-state index contributed by atoms with van der Waals surface area (Å²) in [5, 5.41) is 3.01. The molecule has 1 aromatic carbocycles. The van der Waals surface area contributed by atoms with Crippen LogP contribution in [0.3, 0.4) is 0 Å². The summed E-state index contributed by atoms with van der Waals surface area (Å²) in [6, 6.07) is 7.86. The lowest BCUT2D eigenvalue weighted by Gasteiger charge is -2.21. The average molecular weight is 297 g/mol. The van der Waals surface area contributed by atoms with E-state index in [1.807, 2.05) is 24.3 Å². The lowest BCUT2D eigenvalue weighted by molar-refractivity contribution is -0.116. The van der Waals surface area contributed by atoms with E-state index in [-0.39, 0.29) is 5.91 Å². The van der Waals surface area contributed by atoms with E-state index in [9.17, 15) is 4.79 Å². The third-order valence-electron chi connectivity index (χ3n) is 4.46. The summed E-state index contributed by atoms with van der Waals surface area (Å²) in [6.07, 6.45) is 11.7. The summed E-state index contributed by atoms with van der Waals surface area (Å²) in [6.45, 7) is 0. The third kappa shape index (κ3) is 3.97. The molecule has 0 unspecified atom stereocenters. The van der Waals surface area contributed by atoms with Crippen molar-refractivity contribution in [3.05, 3.63) is 36.8 Å². The van der Waals surface area contributed by atoms with Gasteiger partial charge in [-0.25, -0.2) is 4.98 Å². The summed E-state index contributed by atoms with van der Waals surface area (Å²) in [4.78, 5) is 19.2. The fourth-order valence-corrected chi connectivity index (χ4v) is 3.21. The van der Waals surface area contributed by atoms with Gasteiger partial charge >= 0.3 is 0 Å². The van der Waals surface area contributed by atoms with E-state index in [0.717, 1.165) is 29.3 Å². The average Bonchev–Trinajstić information content (AvgIpc) is 3.09. The number of H-pyrrole nitrogens is 1. The van der Waals surface area contributed by atoms with Crippen LogP contribution in [0.4, 0.5) is 5.69 Å². The van der Waals surface area contributed by atoms with Gasteiger partial charge in [0.25, 0.3) is 0 Å². The van der Waals surface area contributed by atoms with Crippen LogP contribution in [0.5, 0.6) is 0 Å². The molecule has 1 fully saturated rings. The summed E-state index contributed by atoms with van der Waals surface area (Å²) < 4.78 is 0. The molecule has 2 N–H and O–H groups in total. The maximum absolute atomic E-state index is 12.1. The molecular weight excluding hydrogens is 274 g/mol. The minimum absolute atomic E-state index is 0.118. The molecule has 2 aromatic rings.